The number of rotatable bonds is 5. The maximum atomic E-state index is 6.75. The van der Waals surface area contributed by atoms with E-state index in [4.69, 9.17) is 14.4 Å². The second kappa shape index (κ2) is 10.3. The van der Waals surface area contributed by atoms with Crippen molar-refractivity contribution in [3.8, 4) is 44.9 Å². The second-order valence-corrected chi connectivity index (χ2v) is 12.4. The molecule has 0 bridgehead atoms. The van der Waals surface area contributed by atoms with Gasteiger partial charge in [-0.25, -0.2) is 9.97 Å². The van der Waals surface area contributed by atoms with Gasteiger partial charge in [0.2, 0.25) is 0 Å². The third-order valence-electron chi connectivity index (χ3n) is 10.2. The van der Waals surface area contributed by atoms with Gasteiger partial charge in [0.25, 0.3) is 0 Å². The van der Waals surface area contributed by atoms with E-state index < -0.39 is 0 Å². The minimum atomic E-state index is -0.0610. The fourth-order valence-corrected chi connectivity index (χ4v) is 7.81. The molecule has 0 unspecified atom stereocenters. The smallest absolute Gasteiger partial charge is 0.160 e. The molecule has 0 saturated heterocycles. The van der Waals surface area contributed by atoms with Crippen molar-refractivity contribution in [2.45, 2.75) is 32.1 Å². The topological polar surface area (TPSA) is 38.9 Å². The molecule has 1 aliphatic carbocycles. The summed E-state index contributed by atoms with van der Waals surface area (Å²) >= 11 is 0. The van der Waals surface area contributed by atoms with Gasteiger partial charge in [-0.15, -0.1) is 0 Å². The zero-order chi connectivity index (χ0) is 30.8. The van der Waals surface area contributed by atoms with E-state index in [0.717, 1.165) is 62.5 Å². The van der Waals surface area contributed by atoms with Crippen molar-refractivity contribution in [1.29, 1.82) is 0 Å². The van der Waals surface area contributed by atoms with E-state index in [1.54, 1.807) is 0 Å². The molecule has 8 aromatic rings. The largest absolute Gasteiger partial charge is 0.456 e. The van der Waals surface area contributed by atoms with Crippen LogP contribution in [0.3, 0.4) is 0 Å². The fourth-order valence-electron chi connectivity index (χ4n) is 7.81. The van der Waals surface area contributed by atoms with E-state index in [1.807, 2.05) is 12.1 Å². The Morgan fingerprint density at radius 2 is 1.24 bits per heavy atom. The van der Waals surface area contributed by atoms with Crippen molar-refractivity contribution in [3.05, 3.63) is 145 Å². The summed E-state index contributed by atoms with van der Waals surface area (Å²) in [4.78, 5) is 10.3. The fraction of sp³-hybridized carbons (Fsp3) is 0.116. The number of furan rings is 1. The van der Waals surface area contributed by atoms with Crippen molar-refractivity contribution >= 4 is 32.8 Å². The van der Waals surface area contributed by atoms with Gasteiger partial charge < -0.3 is 4.42 Å². The summed E-state index contributed by atoms with van der Waals surface area (Å²) in [6.07, 6.45) is 2.05. The average molecular weight is 593 g/mol. The van der Waals surface area contributed by atoms with Crippen molar-refractivity contribution in [1.82, 2.24) is 9.97 Å². The minimum absolute atomic E-state index is 0.0610. The summed E-state index contributed by atoms with van der Waals surface area (Å²) in [5.74, 6) is 0.710. The van der Waals surface area contributed by atoms with Gasteiger partial charge in [-0.2, -0.15) is 0 Å². The van der Waals surface area contributed by atoms with Crippen LogP contribution < -0.4 is 0 Å². The molecule has 2 heterocycles. The Morgan fingerprint density at radius 1 is 0.543 bits per heavy atom. The van der Waals surface area contributed by atoms with Crippen LogP contribution in [0.5, 0.6) is 0 Å². The first-order valence-electron chi connectivity index (χ1n) is 16.2. The molecule has 6 aromatic carbocycles. The van der Waals surface area contributed by atoms with E-state index in [0.29, 0.717) is 5.82 Å². The lowest BCUT2D eigenvalue weighted by Crippen LogP contribution is -2.23. The van der Waals surface area contributed by atoms with Crippen LogP contribution in [-0.4, -0.2) is 9.97 Å². The maximum absolute atomic E-state index is 6.75. The molecular formula is C43H32N2O. The summed E-state index contributed by atoms with van der Waals surface area (Å²) in [5.41, 5.74) is 13.5. The second-order valence-electron chi connectivity index (χ2n) is 12.4. The molecule has 0 aliphatic heterocycles. The summed E-state index contributed by atoms with van der Waals surface area (Å²) in [5, 5.41) is 3.28. The maximum Gasteiger partial charge on any atom is 0.160 e. The van der Waals surface area contributed by atoms with Crippen molar-refractivity contribution < 1.29 is 4.42 Å². The van der Waals surface area contributed by atoms with E-state index in [9.17, 15) is 0 Å². The highest BCUT2D eigenvalue weighted by Crippen LogP contribution is 2.55. The SMILES string of the molecule is CCC1(CC)c2ccccc2-c2ccc3c(oc4ccc(-c5nc(-c6ccc(-c7ccccc7)cc6)c6ccccc6n5)cc43)c21. The number of para-hydroxylation sites is 1. The normalized spacial score (nSPS) is 13.3. The van der Waals surface area contributed by atoms with Gasteiger partial charge in [-0.3, -0.25) is 0 Å². The molecule has 0 fully saturated rings. The van der Waals surface area contributed by atoms with Gasteiger partial charge >= 0.3 is 0 Å². The standard InChI is InChI=1S/C43H32N2O/c1-3-43(4-2)36-16-10-8-14-31(36)32-23-24-33-35-26-30(22-25-38(35)46-41(33)39(32)43)42-44-37-17-11-9-15-34(37)40(45-42)29-20-18-28(19-21-29)27-12-6-5-7-13-27/h5-26H,3-4H2,1-2H3. The molecule has 1 aliphatic rings. The van der Waals surface area contributed by atoms with Crippen LogP contribution in [0.25, 0.3) is 77.7 Å². The Labute approximate surface area is 268 Å². The van der Waals surface area contributed by atoms with Gasteiger partial charge in [-0.1, -0.05) is 117 Å². The van der Waals surface area contributed by atoms with Crippen LogP contribution in [0.1, 0.15) is 37.8 Å². The van der Waals surface area contributed by atoms with Gasteiger partial charge in [0.1, 0.15) is 11.2 Å². The van der Waals surface area contributed by atoms with Gasteiger partial charge in [0.15, 0.2) is 5.82 Å². The zero-order valence-corrected chi connectivity index (χ0v) is 25.9. The highest BCUT2D eigenvalue weighted by atomic mass is 16.3. The lowest BCUT2D eigenvalue weighted by molar-refractivity contribution is 0.486. The summed E-state index contributed by atoms with van der Waals surface area (Å²) in [6.45, 7) is 4.61. The first kappa shape index (κ1) is 26.8. The van der Waals surface area contributed by atoms with E-state index in [1.165, 1.54) is 33.4 Å². The van der Waals surface area contributed by atoms with Crippen LogP contribution in [0.2, 0.25) is 0 Å². The van der Waals surface area contributed by atoms with Crippen molar-refractivity contribution in [2.75, 3.05) is 0 Å². The molecule has 0 atom stereocenters. The molecule has 0 N–H and O–H groups in total. The lowest BCUT2D eigenvalue weighted by Gasteiger charge is -2.29. The molecule has 220 valence electrons. The number of hydrogen-bond acceptors (Lipinski definition) is 3. The Kier molecular flexibility index (Phi) is 5.98. The highest BCUT2D eigenvalue weighted by molar-refractivity contribution is 6.10. The molecular weight excluding hydrogens is 560 g/mol. The molecule has 3 nitrogen and oxygen atoms in total. The Hall–Kier alpha value is -5.54. The quantitative estimate of drug-likeness (QED) is 0.200. The Balaban J connectivity index is 1.20. The Morgan fingerprint density at radius 3 is 2.07 bits per heavy atom. The van der Waals surface area contributed by atoms with E-state index in [-0.39, 0.29) is 5.41 Å². The molecule has 9 rings (SSSR count). The first-order valence-corrected chi connectivity index (χ1v) is 16.2. The number of nitrogens with zero attached hydrogens (tertiary/aromatic N) is 2. The summed E-state index contributed by atoms with van der Waals surface area (Å²) in [7, 11) is 0. The number of aromatic nitrogens is 2. The molecule has 0 saturated carbocycles. The lowest BCUT2D eigenvalue weighted by atomic mass is 9.73. The third-order valence-corrected chi connectivity index (χ3v) is 10.2. The van der Waals surface area contributed by atoms with Gasteiger partial charge in [0.05, 0.1) is 11.2 Å². The van der Waals surface area contributed by atoms with Gasteiger partial charge in [0, 0.05) is 38.3 Å². The van der Waals surface area contributed by atoms with Crippen molar-refractivity contribution in [3.63, 3.8) is 0 Å². The van der Waals surface area contributed by atoms with E-state index in [2.05, 4.69) is 135 Å². The molecule has 46 heavy (non-hydrogen) atoms. The van der Waals surface area contributed by atoms with Crippen LogP contribution in [-0.2, 0) is 5.41 Å². The van der Waals surface area contributed by atoms with Crippen LogP contribution >= 0.6 is 0 Å². The molecule has 2 aromatic heterocycles. The zero-order valence-electron chi connectivity index (χ0n) is 25.9. The number of fused-ring (bicyclic) bond motifs is 8. The third kappa shape index (κ3) is 3.85. The minimum Gasteiger partial charge on any atom is -0.456 e. The predicted octanol–water partition coefficient (Wildman–Crippen LogP) is 11.6. The average Bonchev–Trinajstić information content (AvgIpc) is 3.64. The van der Waals surface area contributed by atoms with Crippen molar-refractivity contribution in [2.24, 2.45) is 0 Å². The predicted molar refractivity (Wildman–Crippen MR) is 190 cm³/mol. The summed E-state index contributed by atoms with van der Waals surface area (Å²) < 4.78 is 6.75. The summed E-state index contributed by atoms with van der Waals surface area (Å²) in [6, 6.07) is 47.3. The van der Waals surface area contributed by atoms with E-state index >= 15 is 0 Å². The van der Waals surface area contributed by atoms with Crippen LogP contribution in [0.15, 0.2) is 138 Å². The first-order chi connectivity index (χ1) is 22.7. The highest BCUT2D eigenvalue weighted by Gasteiger charge is 2.42. The number of hydrogen-bond donors (Lipinski definition) is 0. The van der Waals surface area contributed by atoms with Gasteiger partial charge in [-0.05, 0) is 71.0 Å². The molecule has 0 amide bonds. The Bertz CT molecular complexity index is 2430. The number of benzene rings is 6. The molecule has 0 radical (unpaired) electrons. The van der Waals surface area contributed by atoms with Crippen LogP contribution in [0, 0.1) is 0 Å². The molecule has 0 spiro atoms. The monoisotopic (exact) mass is 592 g/mol. The van der Waals surface area contributed by atoms with Crippen LogP contribution in [0.4, 0.5) is 0 Å². The molecule has 3 heteroatoms.